The van der Waals surface area contributed by atoms with Crippen LogP contribution in [0.2, 0.25) is 0 Å². The third-order valence-corrected chi connectivity index (χ3v) is 16.9. The molecule has 0 aromatic rings. The van der Waals surface area contributed by atoms with Gasteiger partial charge in [-0.3, -0.25) is 13.8 Å². The van der Waals surface area contributed by atoms with Crippen LogP contribution >= 0.6 is 7.82 Å². The Morgan fingerprint density at radius 3 is 0.932 bits per heavy atom. The summed E-state index contributed by atoms with van der Waals surface area (Å²) in [6.45, 7) is 3.95. The topological polar surface area (TPSA) is 206 Å². The molecule has 1 rings (SSSR count). The number of amides is 1. The molecule has 0 saturated heterocycles. The van der Waals surface area contributed by atoms with E-state index in [0.29, 0.717) is 19.3 Å². The molecule has 0 aromatic carbocycles. The second-order valence-electron chi connectivity index (χ2n) is 23.0. The van der Waals surface area contributed by atoms with Crippen LogP contribution in [0.5, 0.6) is 0 Å². The molecule has 1 aliphatic rings. The lowest BCUT2D eigenvalue weighted by Gasteiger charge is -2.41. The van der Waals surface area contributed by atoms with Gasteiger partial charge in [0.05, 0.1) is 18.8 Å². The van der Waals surface area contributed by atoms with Gasteiger partial charge >= 0.3 is 7.82 Å². The molecule has 13 heteroatoms. The Labute approximate surface area is 455 Å². The van der Waals surface area contributed by atoms with Gasteiger partial charge < -0.3 is 40.8 Å². The fraction of sp³-hybridized carbons (Fsp3) is 0.984. The van der Waals surface area contributed by atoms with Gasteiger partial charge in [-0.25, -0.2) is 4.57 Å². The number of aliphatic hydroxyl groups is 6. The molecular formula is C61H122NO11P. The van der Waals surface area contributed by atoms with Crippen LogP contribution in [0.25, 0.3) is 0 Å². The van der Waals surface area contributed by atoms with Crippen molar-refractivity contribution in [1.82, 2.24) is 5.32 Å². The normalized spacial score (nSPS) is 20.7. The lowest BCUT2D eigenvalue weighted by atomic mass is 9.85. The number of phosphoric ester groups is 1. The van der Waals surface area contributed by atoms with Crippen molar-refractivity contribution in [2.24, 2.45) is 0 Å². The molecule has 1 saturated carbocycles. The zero-order valence-electron chi connectivity index (χ0n) is 48.2. The van der Waals surface area contributed by atoms with Gasteiger partial charge in [-0.1, -0.05) is 309 Å². The number of hydrogen-bond acceptors (Lipinski definition) is 10. The van der Waals surface area contributed by atoms with E-state index < -0.39 is 63.2 Å². The maximum atomic E-state index is 13.1. The number of hydrogen-bond donors (Lipinski definition) is 8. The first-order chi connectivity index (χ1) is 35.9. The van der Waals surface area contributed by atoms with Crippen molar-refractivity contribution >= 4 is 13.7 Å². The zero-order chi connectivity index (χ0) is 54.2. The fourth-order valence-electron chi connectivity index (χ4n) is 10.8. The smallest absolute Gasteiger partial charge is 0.391 e. The van der Waals surface area contributed by atoms with Crippen LogP contribution in [0.3, 0.4) is 0 Å². The van der Waals surface area contributed by atoms with Crippen molar-refractivity contribution in [2.45, 2.75) is 377 Å². The molecule has 6 unspecified atom stereocenters. The molecule has 0 spiro atoms. The summed E-state index contributed by atoms with van der Waals surface area (Å²) in [4.78, 5) is 23.6. The SMILES string of the molecule is CCCCCCCCCCCCCCCCCCCCCCCCCCCCCCCCCC(=O)N[C@@H](COP(=O)(O)OC1C(O)C(O)C(O)[C@@H](O)C1O)[C@H](O)CCCCCCCCCCCCCCCCCC. The highest BCUT2D eigenvalue weighted by Gasteiger charge is 2.51. The maximum absolute atomic E-state index is 13.1. The van der Waals surface area contributed by atoms with Crippen LogP contribution in [-0.4, -0.2) is 96.8 Å². The maximum Gasteiger partial charge on any atom is 0.472 e. The van der Waals surface area contributed by atoms with Crippen LogP contribution in [-0.2, 0) is 18.4 Å². The van der Waals surface area contributed by atoms with Gasteiger partial charge in [0.1, 0.15) is 36.6 Å². The Morgan fingerprint density at radius 1 is 0.405 bits per heavy atom. The lowest BCUT2D eigenvalue weighted by molar-refractivity contribution is -0.220. The van der Waals surface area contributed by atoms with Gasteiger partial charge in [0, 0.05) is 6.42 Å². The summed E-state index contributed by atoms with van der Waals surface area (Å²) in [7, 11) is -5.06. The molecule has 0 bridgehead atoms. The molecule has 0 heterocycles. The van der Waals surface area contributed by atoms with Crippen molar-refractivity contribution in [3.05, 3.63) is 0 Å². The first kappa shape index (κ1) is 71.4. The van der Waals surface area contributed by atoms with E-state index in [4.69, 9.17) is 9.05 Å². The average Bonchev–Trinajstić information content (AvgIpc) is 3.39. The Balaban J connectivity index is 2.20. The van der Waals surface area contributed by atoms with Crippen molar-refractivity contribution in [3.63, 3.8) is 0 Å². The van der Waals surface area contributed by atoms with Gasteiger partial charge in [0.2, 0.25) is 5.91 Å². The van der Waals surface area contributed by atoms with E-state index in [-0.39, 0.29) is 12.3 Å². The number of aliphatic hydroxyl groups excluding tert-OH is 6. The molecule has 9 atom stereocenters. The Morgan fingerprint density at radius 2 is 0.649 bits per heavy atom. The van der Waals surface area contributed by atoms with Crippen molar-refractivity contribution in [1.29, 1.82) is 0 Å². The zero-order valence-corrected chi connectivity index (χ0v) is 49.1. The van der Waals surface area contributed by atoms with Gasteiger partial charge in [0.15, 0.2) is 0 Å². The molecule has 0 aromatic heterocycles. The highest BCUT2D eigenvalue weighted by molar-refractivity contribution is 7.47. The minimum absolute atomic E-state index is 0.244. The number of unbranched alkanes of at least 4 members (excludes halogenated alkanes) is 45. The molecule has 1 aliphatic carbocycles. The third-order valence-electron chi connectivity index (χ3n) is 15.9. The monoisotopic (exact) mass is 1080 g/mol. The Hall–Kier alpha value is -0.660. The lowest BCUT2D eigenvalue weighted by Crippen LogP contribution is -2.64. The number of carbonyl (C=O) groups is 1. The van der Waals surface area contributed by atoms with E-state index in [2.05, 4.69) is 19.2 Å². The van der Waals surface area contributed by atoms with Crippen LogP contribution in [0.1, 0.15) is 328 Å². The van der Waals surface area contributed by atoms with Crippen LogP contribution in [0, 0.1) is 0 Å². The van der Waals surface area contributed by atoms with Gasteiger partial charge in [0.25, 0.3) is 0 Å². The summed E-state index contributed by atoms with van der Waals surface area (Å²) >= 11 is 0. The minimum atomic E-state index is -5.06. The van der Waals surface area contributed by atoms with Crippen molar-refractivity contribution < 1.29 is 53.9 Å². The number of carbonyl (C=O) groups excluding carboxylic acids is 1. The second-order valence-corrected chi connectivity index (χ2v) is 24.4. The van der Waals surface area contributed by atoms with Crippen LogP contribution < -0.4 is 5.32 Å². The van der Waals surface area contributed by atoms with Crippen LogP contribution in [0.15, 0.2) is 0 Å². The van der Waals surface area contributed by atoms with Gasteiger partial charge in [-0.05, 0) is 12.8 Å². The number of phosphoric acid groups is 1. The van der Waals surface area contributed by atoms with Gasteiger partial charge in [-0.15, -0.1) is 0 Å². The molecule has 442 valence electrons. The van der Waals surface area contributed by atoms with E-state index in [9.17, 15) is 44.9 Å². The minimum Gasteiger partial charge on any atom is -0.391 e. The molecule has 0 radical (unpaired) electrons. The summed E-state index contributed by atoms with van der Waals surface area (Å²) in [5.74, 6) is -0.299. The Bertz CT molecular complexity index is 1250. The summed E-state index contributed by atoms with van der Waals surface area (Å²) < 4.78 is 23.1. The first-order valence-electron chi connectivity index (χ1n) is 32.0. The van der Waals surface area contributed by atoms with E-state index in [1.165, 1.54) is 250 Å². The molecule has 0 aliphatic heterocycles. The highest BCUT2D eigenvalue weighted by atomic mass is 31.2. The predicted molar refractivity (Wildman–Crippen MR) is 306 cm³/mol. The van der Waals surface area contributed by atoms with Crippen molar-refractivity contribution in [2.75, 3.05) is 6.61 Å². The summed E-state index contributed by atoms with van der Waals surface area (Å²) in [5, 5.41) is 64.6. The van der Waals surface area contributed by atoms with Crippen molar-refractivity contribution in [3.8, 4) is 0 Å². The molecule has 12 nitrogen and oxygen atoms in total. The largest absolute Gasteiger partial charge is 0.472 e. The molecule has 1 amide bonds. The Kier molecular flexibility index (Phi) is 48.7. The molecular weight excluding hydrogens is 954 g/mol. The average molecular weight is 1080 g/mol. The van der Waals surface area contributed by atoms with Gasteiger partial charge in [-0.2, -0.15) is 0 Å². The second kappa shape index (κ2) is 50.6. The molecule has 1 fully saturated rings. The van der Waals surface area contributed by atoms with E-state index >= 15 is 0 Å². The predicted octanol–water partition coefficient (Wildman–Crippen LogP) is 15.3. The van der Waals surface area contributed by atoms with Crippen LogP contribution in [0.4, 0.5) is 0 Å². The number of rotatable bonds is 56. The highest BCUT2D eigenvalue weighted by Crippen LogP contribution is 2.47. The van der Waals surface area contributed by atoms with E-state index in [0.717, 1.165) is 38.5 Å². The quantitative estimate of drug-likeness (QED) is 0.0212. The summed E-state index contributed by atoms with van der Waals surface area (Å²) in [6.07, 6.45) is 48.8. The number of nitrogens with one attached hydrogen (secondary N) is 1. The first-order valence-corrected chi connectivity index (χ1v) is 33.5. The van der Waals surface area contributed by atoms with E-state index in [1.807, 2.05) is 0 Å². The molecule has 74 heavy (non-hydrogen) atoms. The standard InChI is InChI=1S/C61H122NO11P/c1-3-5-7-9-11-13-15-17-19-21-22-23-24-25-26-27-28-29-30-31-32-33-34-35-37-39-41-43-45-47-49-51-55(64)62-53(52-72-74(70,71)73-61-59(68)57(66)56(65)58(67)60(61)69)54(63)50-48-46-44-42-40-38-36-20-18-16-14-12-10-8-6-4-2/h53-54,56-61,63,65-69H,3-52H2,1-2H3,(H,62,64)(H,70,71)/t53-,54+,56?,57+,58?,59?,60?,61?/m0/s1. The fourth-order valence-corrected chi connectivity index (χ4v) is 11.8. The van der Waals surface area contributed by atoms with E-state index in [1.54, 1.807) is 0 Å². The third kappa shape index (κ3) is 40.5. The summed E-state index contributed by atoms with van der Waals surface area (Å²) in [5.41, 5.74) is 0. The molecule has 8 N–H and O–H groups in total. The summed E-state index contributed by atoms with van der Waals surface area (Å²) in [6, 6.07) is -1.03.